The van der Waals surface area contributed by atoms with Gasteiger partial charge in [-0.15, -0.1) is 0 Å². The maximum atomic E-state index is 13.4. The molecule has 1 amide bonds. The Morgan fingerprint density at radius 1 is 1.19 bits per heavy atom. The molecule has 0 unspecified atom stereocenters. The van der Waals surface area contributed by atoms with Gasteiger partial charge in [-0.3, -0.25) is 4.79 Å². The summed E-state index contributed by atoms with van der Waals surface area (Å²) in [6.45, 7) is 1.77. The average Bonchev–Trinajstić information content (AvgIpc) is 2.92. The van der Waals surface area contributed by atoms with Gasteiger partial charge in [-0.05, 0) is 83.1 Å². The number of carbonyl (C=O) groups is 1. The molecule has 1 aliphatic rings. The average molecular weight is 348 g/mol. The second-order valence-corrected chi connectivity index (χ2v) is 6.23. The van der Waals surface area contributed by atoms with Crippen LogP contribution in [-0.4, -0.2) is 5.91 Å². The molecule has 0 spiro atoms. The summed E-state index contributed by atoms with van der Waals surface area (Å²) in [7, 11) is 0. The molecule has 0 saturated heterocycles. The van der Waals surface area contributed by atoms with Gasteiger partial charge in [0.15, 0.2) is 0 Å². The maximum Gasteiger partial charge on any atom is 0.255 e. The van der Waals surface area contributed by atoms with Crippen LogP contribution in [0.4, 0.5) is 10.1 Å². The van der Waals surface area contributed by atoms with Crippen molar-refractivity contribution in [3.8, 4) is 0 Å². The fourth-order valence-electron chi connectivity index (χ4n) is 2.69. The molecule has 0 atom stereocenters. The third-order valence-corrected chi connectivity index (χ3v) is 4.48. The number of amides is 1. The minimum atomic E-state index is -0.331. The van der Waals surface area contributed by atoms with Crippen LogP contribution in [0.2, 0.25) is 0 Å². The Morgan fingerprint density at radius 3 is 2.76 bits per heavy atom. The molecule has 108 valence electrons. The van der Waals surface area contributed by atoms with E-state index in [2.05, 4.69) is 21.2 Å². The first-order chi connectivity index (χ1) is 10.0. The van der Waals surface area contributed by atoms with Gasteiger partial charge in [-0.2, -0.15) is 0 Å². The van der Waals surface area contributed by atoms with Crippen LogP contribution in [0, 0.1) is 12.7 Å². The third-order valence-electron chi connectivity index (χ3n) is 3.88. The standard InChI is InChI=1S/C17H15BrFNO/c1-10-7-15(19)14(18)9-16(10)20-17(21)13-6-5-11-3-2-4-12(11)8-13/h5-9H,2-4H2,1H3,(H,20,21). The summed E-state index contributed by atoms with van der Waals surface area (Å²) >= 11 is 3.14. The zero-order valence-corrected chi connectivity index (χ0v) is 13.3. The minimum Gasteiger partial charge on any atom is -0.322 e. The minimum absolute atomic E-state index is 0.161. The van der Waals surface area contributed by atoms with Gasteiger partial charge < -0.3 is 5.32 Å². The first-order valence-corrected chi connectivity index (χ1v) is 7.72. The van der Waals surface area contributed by atoms with Crippen LogP contribution >= 0.6 is 15.9 Å². The van der Waals surface area contributed by atoms with Gasteiger partial charge in [0.05, 0.1) is 4.47 Å². The molecule has 2 aromatic rings. The fourth-order valence-corrected chi connectivity index (χ4v) is 3.03. The number of halogens is 2. The monoisotopic (exact) mass is 347 g/mol. The highest BCUT2D eigenvalue weighted by atomic mass is 79.9. The smallest absolute Gasteiger partial charge is 0.255 e. The summed E-state index contributed by atoms with van der Waals surface area (Å²) in [5.41, 5.74) is 4.57. The van der Waals surface area contributed by atoms with Crippen LogP contribution < -0.4 is 5.32 Å². The van der Waals surface area contributed by atoms with Crippen LogP contribution in [0.5, 0.6) is 0 Å². The van der Waals surface area contributed by atoms with Gasteiger partial charge in [0.1, 0.15) is 5.82 Å². The van der Waals surface area contributed by atoms with Crippen LogP contribution in [0.15, 0.2) is 34.8 Å². The first-order valence-electron chi connectivity index (χ1n) is 6.93. The predicted octanol–water partition coefficient (Wildman–Crippen LogP) is 4.64. The second-order valence-electron chi connectivity index (χ2n) is 5.37. The SMILES string of the molecule is Cc1cc(F)c(Br)cc1NC(=O)c1ccc2c(c1)CCC2. The normalized spacial score (nSPS) is 13.1. The number of hydrogen-bond acceptors (Lipinski definition) is 1. The molecule has 0 fully saturated rings. The van der Waals surface area contributed by atoms with Crippen molar-refractivity contribution >= 4 is 27.5 Å². The number of benzene rings is 2. The molecular formula is C17H15BrFNO. The Labute approximate surface area is 131 Å². The van der Waals surface area contributed by atoms with E-state index in [-0.39, 0.29) is 11.7 Å². The van der Waals surface area contributed by atoms with Crippen molar-refractivity contribution < 1.29 is 9.18 Å². The van der Waals surface area contributed by atoms with Gasteiger partial charge in [-0.1, -0.05) is 6.07 Å². The highest BCUT2D eigenvalue weighted by molar-refractivity contribution is 9.10. The van der Waals surface area contributed by atoms with Crippen molar-refractivity contribution in [1.82, 2.24) is 0 Å². The lowest BCUT2D eigenvalue weighted by molar-refractivity contribution is 0.102. The number of rotatable bonds is 2. The van der Waals surface area contributed by atoms with E-state index in [9.17, 15) is 9.18 Å². The summed E-state index contributed by atoms with van der Waals surface area (Å²) in [4.78, 5) is 12.3. The van der Waals surface area contributed by atoms with Crippen molar-refractivity contribution in [2.45, 2.75) is 26.2 Å². The van der Waals surface area contributed by atoms with Gasteiger partial charge in [0, 0.05) is 11.3 Å². The number of anilines is 1. The predicted molar refractivity (Wildman–Crippen MR) is 85.3 cm³/mol. The number of aryl methyl sites for hydroxylation is 3. The number of fused-ring (bicyclic) bond motifs is 1. The molecule has 0 bridgehead atoms. The molecule has 0 aliphatic heterocycles. The molecule has 1 aliphatic carbocycles. The van der Waals surface area contributed by atoms with E-state index in [0.29, 0.717) is 21.3 Å². The molecule has 21 heavy (non-hydrogen) atoms. The molecule has 0 heterocycles. The molecule has 0 aromatic heterocycles. The number of hydrogen-bond donors (Lipinski definition) is 1. The topological polar surface area (TPSA) is 29.1 Å². The Morgan fingerprint density at radius 2 is 1.95 bits per heavy atom. The quantitative estimate of drug-likeness (QED) is 0.842. The fraction of sp³-hybridized carbons (Fsp3) is 0.235. The third kappa shape index (κ3) is 2.86. The summed E-state index contributed by atoms with van der Waals surface area (Å²) in [5, 5.41) is 2.85. The van der Waals surface area contributed by atoms with Crippen LogP contribution in [-0.2, 0) is 12.8 Å². The lowest BCUT2D eigenvalue weighted by atomic mass is 10.1. The number of carbonyl (C=O) groups excluding carboxylic acids is 1. The summed E-state index contributed by atoms with van der Waals surface area (Å²) < 4.78 is 13.8. The van der Waals surface area contributed by atoms with Gasteiger partial charge in [-0.25, -0.2) is 4.39 Å². The zero-order chi connectivity index (χ0) is 15.0. The van der Waals surface area contributed by atoms with E-state index in [4.69, 9.17) is 0 Å². The van der Waals surface area contributed by atoms with Gasteiger partial charge in [0.2, 0.25) is 0 Å². The zero-order valence-electron chi connectivity index (χ0n) is 11.7. The molecular weight excluding hydrogens is 333 g/mol. The van der Waals surface area contributed by atoms with Crippen molar-refractivity contribution in [3.05, 3.63) is 62.9 Å². The molecule has 0 saturated carbocycles. The highest BCUT2D eigenvalue weighted by Gasteiger charge is 2.15. The lowest BCUT2D eigenvalue weighted by Gasteiger charge is -2.10. The van der Waals surface area contributed by atoms with Crippen molar-refractivity contribution in [3.63, 3.8) is 0 Å². The van der Waals surface area contributed by atoms with E-state index in [1.54, 1.807) is 13.0 Å². The lowest BCUT2D eigenvalue weighted by Crippen LogP contribution is -2.13. The van der Waals surface area contributed by atoms with E-state index in [0.717, 1.165) is 19.3 Å². The maximum absolute atomic E-state index is 13.4. The summed E-state index contributed by atoms with van der Waals surface area (Å²) in [5.74, 6) is -0.491. The first kappa shape index (κ1) is 14.3. The second kappa shape index (κ2) is 5.60. The Balaban J connectivity index is 1.85. The highest BCUT2D eigenvalue weighted by Crippen LogP contribution is 2.26. The van der Waals surface area contributed by atoms with Gasteiger partial charge >= 0.3 is 0 Å². The number of nitrogens with one attached hydrogen (secondary N) is 1. The largest absolute Gasteiger partial charge is 0.322 e. The molecule has 0 radical (unpaired) electrons. The van der Waals surface area contributed by atoms with Crippen molar-refractivity contribution in [1.29, 1.82) is 0 Å². The van der Waals surface area contributed by atoms with Crippen LogP contribution in [0.3, 0.4) is 0 Å². The summed E-state index contributed by atoms with van der Waals surface area (Å²) in [6.07, 6.45) is 3.29. The Hall–Kier alpha value is -1.68. The van der Waals surface area contributed by atoms with E-state index >= 15 is 0 Å². The van der Waals surface area contributed by atoms with Crippen LogP contribution in [0.25, 0.3) is 0 Å². The Bertz CT molecular complexity index is 727. The summed E-state index contributed by atoms with van der Waals surface area (Å²) in [6, 6.07) is 8.85. The molecule has 4 heteroatoms. The van der Waals surface area contributed by atoms with E-state index in [1.165, 1.54) is 17.2 Å². The molecule has 3 rings (SSSR count). The van der Waals surface area contributed by atoms with E-state index in [1.807, 2.05) is 18.2 Å². The molecule has 2 aromatic carbocycles. The molecule has 2 nitrogen and oxygen atoms in total. The van der Waals surface area contributed by atoms with E-state index < -0.39 is 0 Å². The van der Waals surface area contributed by atoms with Gasteiger partial charge in [0.25, 0.3) is 5.91 Å². The van der Waals surface area contributed by atoms with Crippen molar-refractivity contribution in [2.75, 3.05) is 5.32 Å². The van der Waals surface area contributed by atoms with Crippen molar-refractivity contribution in [2.24, 2.45) is 0 Å². The van der Waals surface area contributed by atoms with Crippen LogP contribution in [0.1, 0.15) is 33.5 Å². The molecule has 1 N–H and O–H groups in total. The Kier molecular flexibility index (Phi) is 3.81.